The molecule has 2 amide bonds. The fourth-order valence-electron chi connectivity index (χ4n) is 3.31. The van der Waals surface area contributed by atoms with E-state index in [9.17, 15) is 19.7 Å². The lowest BCUT2D eigenvalue weighted by molar-refractivity contribution is -0.385. The van der Waals surface area contributed by atoms with E-state index in [0.29, 0.717) is 30.1 Å². The molecule has 7 heteroatoms. The monoisotopic (exact) mass is 345 g/mol. The molecule has 1 aliphatic heterocycles. The molecule has 0 spiro atoms. The van der Waals surface area contributed by atoms with Crippen LogP contribution in [0.25, 0.3) is 0 Å². The first-order valence-electron chi connectivity index (χ1n) is 8.78. The highest BCUT2D eigenvalue weighted by atomic mass is 16.6. The number of nitrogens with zero attached hydrogens (tertiary/aromatic N) is 2. The number of likely N-dealkylation sites (tertiary alicyclic amines) is 1. The molecular formula is C18H23N3O4. The van der Waals surface area contributed by atoms with Gasteiger partial charge in [-0.25, -0.2) is 0 Å². The van der Waals surface area contributed by atoms with Crippen LogP contribution in [0.2, 0.25) is 0 Å². The zero-order chi connectivity index (χ0) is 18.0. The first-order chi connectivity index (χ1) is 12.0. The van der Waals surface area contributed by atoms with Crippen LogP contribution in [0, 0.1) is 28.9 Å². The smallest absolute Gasteiger partial charge is 0.273 e. The molecule has 1 N–H and O–H groups in total. The lowest BCUT2D eigenvalue weighted by Crippen LogP contribution is -2.45. The van der Waals surface area contributed by atoms with Gasteiger partial charge in [-0.3, -0.25) is 19.7 Å². The summed E-state index contributed by atoms with van der Waals surface area (Å²) in [5.74, 6) is 0.203. The molecule has 1 aromatic carbocycles. The van der Waals surface area contributed by atoms with Gasteiger partial charge < -0.3 is 10.2 Å². The van der Waals surface area contributed by atoms with E-state index in [1.54, 1.807) is 17.9 Å². The first kappa shape index (κ1) is 17.4. The van der Waals surface area contributed by atoms with Crippen LogP contribution in [-0.2, 0) is 4.79 Å². The molecular weight excluding hydrogens is 322 g/mol. The van der Waals surface area contributed by atoms with Crippen LogP contribution in [-0.4, -0.2) is 41.3 Å². The molecule has 2 fully saturated rings. The van der Waals surface area contributed by atoms with Crippen LogP contribution in [0.5, 0.6) is 0 Å². The van der Waals surface area contributed by atoms with E-state index in [4.69, 9.17) is 0 Å². The van der Waals surface area contributed by atoms with Gasteiger partial charge in [-0.1, -0.05) is 6.07 Å². The number of hydrogen-bond acceptors (Lipinski definition) is 4. The summed E-state index contributed by atoms with van der Waals surface area (Å²) in [6.07, 6.45) is 3.90. The quantitative estimate of drug-likeness (QED) is 0.654. The fourth-order valence-corrected chi connectivity index (χ4v) is 3.31. The fraction of sp³-hybridized carbons (Fsp3) is 0.556. The number of carbonyl (C=O) groups is 2. The van der Waals surface area contributed by atoms with Gasteiger partial charge in [-0.15, -0.1) is 0 Å². The van der Waals surface area contributed by atoms with Gasteiger partial charge in [-0.2, -0.15) is 0 Å². The van der Waals surface area contributed by atoms with Crippen molar-refractivity contribution in [3.05, 3.63) is 39.4 Å². The topological polar surface area (TPSA) is 92.6 Å². The van der Waals surface area contributed by atoms with Gasteiger partial charge in [0.05, 0.1) is 10.8 Å². The lowest BCUT2D eigenvalue weighted by atomic mass is 9.95. The number of nitrogens with one attached hydrogen (secondary N) is 1. The summed E-state index contributed by atoms with van der Waals surface area (Å²) in [5.41, 5.74) is 0.660. The normalized spacial score (nSPS) is 20.2. The van der Waals surface area contributed by atoms with Crippen LogP contribution in [0.4, 0.5) is 5.69 Å². The van der Waals surface area contributed by atoms with E-state index in [1.807, 2.05) is 0 Å². The van der Waals surface area contributed by atoms with Crippen molar-refractivity contribution in [1.82, 2.24) is 10.2 Å². The van der Waals surface area contributed by atoms with Gasteiger partial charge in [0, 0.05) is 36.8 Å². The molecule has 0 aromatic heterocycles. The van der Waals surface area contributed by atoms with Gasteiger partial charge in [0.2, 0.25) is 5.91 Å². The number of amides is 2. The minimum absolute atomic E-state index is 0.0140. The molecule has 25 heavy (non-hydrogen) atoms. The van der Waals surface area contributed by atoms with Gasteiger partial charge >= 0.3 is 0 Å². The van der Waals surface area contributed by atoms with Crippen molar-refractivity contribution in [1.29, 1.82) is 0 Å². The molecule has 1 aliphatic carbocycles. The summed E-state index contributed by atoms with van der Waals surface area (Å²) in [5, 5.41) is 14.1. The Morgan fingerprint density at radius 3 is 2.76 bits per heavy atom. The number of piperidine rings is 1. The van der Waals surface area contributed by atoms with Crippen LogP contribution >= 0.6 is 0 Å². The first-order valence-corrected chi connectivity index (χ1v) is 8.78. The predicted octanol–water partition coefficient (Wildman–Crippen LogP) is 2.28. The van der Waals surface area contributed by atoms with Crippen molar-refractivity contribution in [2.45, 2.75) is 32.6 Å². The Morgan fingerprint density at radius 2 is 2.08 bits per heavy atom. The maximum atomic E-state index is 12.8. The average molecular weight is 345 g/mol. The zero-order valence-electron chi connectivity index (χ0n) is 14.4. The summed E-state index contributed by atoms with van der Waals surface area (Å²) >= 11 is 0. The van der Waals surface area contributed by atoms with Crippen LogP contribution in [0.15, 0.2) is 18.2 Å². The summed E-state index contributed by atoms with van der Waals surface area (Å²) in [7, 11) is 0. The second kappa shape index (κ2) is 7.21. The molecule has 1 saturated carbocycles. The SMILES string of the molecule is Cc1c(C(=O)N2CCC[C@H](C(=O)NCC3CC3)C2)cccc1[N+](=O)[O-]. The van der Waals surface area contributed by atoms with Crippen LogP contribution in [0.1, 0.15) is 41.6 Å². The standard InChI is InChI=1S/C18H23N3O4/c1-12-15(5-2-6-16(12)21(24)25)18(23)20-9-3-4-14(11-20)17(22)19-10-13-7-8-13/h2,5-6,13-14H,3-4,7-11H2,1H3,(H,19,22)/t14-/m0/s1. The van der Waals surface area contributed by atoms with Crippen LogP contribution < -0.4 is 5.32 Å². The zero-order valence-corrected chi connectivity index (χ0v) is 14.4. The third kappa shape index (κ3) is 3.97. The molecule has 1 saturated heterocycles. The summed E-state index contributed by atoms with van der Waals surface area (Å²) in [4.78, 5) is 37.4. The second-order valence-electron chi connectivity index (χ2n) is 6.99. The van der Waals surface area contributed by atoms with E-state index in [-0.39, 0.29) is 23.4 Å². The molecule has 7 nitrogen and oxygen atoms in total. The molecule has 0 bridgehead atoms. The molecule has 2 aliphatic rings. The molecule has 1 heterocycles. The van der Waals surface area contributed by atoms with E-state index in [0.717, 1.165) is 19.4 Å². The van der Waals surface area contributed by atoms with Crippen molar-refractivity contribution in [3.8, 4) is 0 Å². The van der Waals surface area contributed by atoms with Gasteiger partial charge in [-0.05, 0) is 44.6 Å². The van der Waals surface area contributed by atoms with Crippen molar-refractivity contribution >= 4 is 17.5 Å². The summed E-state index contributed by atoms with van der Waals surface area (Å²) in [6.45, 7) is 3.27. The number of hydrogen-bond donors (Lipinski definition) is 1. The molecule has 0 unspecified atom stereocenters. The number of carbonyl (C=O) groups excluding carboxylic acids is 2. The van der Waals surface area contributed by atoms with Gasteiger partial charge in [0.15, 0.2) is 0 Å². The highest BCUT2D eigenvalue weighted by Gasteiger charge is 2.31. The van der Waals surface area contributed by atoms with E-state index >= 15 is 0 Å². The number of rotatable bonds is 5. The van der Waals surface area contributed by atoms with Gasteiger partial charge in [0.25, 0.3) is 11.6 Å². The Morgan fingerprint density at radius 1 is 1.32 bits per heavy atom. The van der Waals surface area contributed by atoms with Crippen molar-refractivity contribution in [2.24, 2.45) is 11.8 Å². The Labute approximate surface area is 146 Å². The van der Waals surface area contributed by atoms with Crippen LogP contribution in [0.3, 0.4) is 0 Å². The molecule has 3 rings (SSSR count). The third-order valence-corrected chi connectivity index (χ3v) is 5.07. The number of nitro benzene ring substituents is 1. The Balaban J connectivity index is 1.68. The highest BCUT2D eigenvalue weighted by Crippen LogP contribution is 2.28. The van der Waals surface area contributed by atoms with Crippen molar-refractivity contribution in [2.75, 3.05) is 19.6 Å². The van der Waals surface area contributed by atoms with Crippen molar-refractivity contribution in [3.63, 3.8) is 0 Å². The lowest BCUT2D eigenvalue weighted by Gasteiger charge is -2.32. The maximum Gasteiger partial charge on any atom is 0.273 e. The highest BCUT2D eigenvalue weighted by molar-refractivity contribution is 5.97. The van der Waals surface area contributed by atoms with Crippen molar-refractivity contribution < 1.29 is 14.5 Å². The molecule has 134 valence electrons. The number of nitro groups is 1. The maximum absolute atomic E-state index is 12.8. The number of benzene rings is 1. The summed E-state index contributed by atoms with van der Waals surface area (Å²) in [6, 6.07) is 4.54. The largest absolute Gasteiger partial charge is 0.356 e. The molecule has 1 aromatic rings. The second-order valence-corrected chi connectivity index (χ2v) is 6.99. The molecule has 1 atom stereocenters. The third-order valence-electron chi connectivity index (χ3n) is 5.07. The Bertz CT molecular complexity index is 700. The average Bonchev–Trinajstić information content (AvgIpc) is 3.43. The Hall–Kier alpha value is -2.44. The minimum atomic E-state index is -0.476. The van der Waals surface area contributed by atoms with E-state index < -0.39 is 4.92 Å². The van der Waals surface area contributed by atoms with E-state index in [2.05, 4.69) is 5.32 Å². The minimum Gasteiger partial charge on any atom is -0.356 e. The van der Waals surface area contributed by atoms with E-state index in [1.165, 1.54) is 25.0 Å². The Kier molecular flexibility index (Phi) is 5.01. The predicted molar refractivity (Wildman–Crippen MR) is 92.2 cm³/mol. The molecule has 0 radical (unpaired) electrons. The van der Waals surface area contributed by atoms with Gasteiger partial charge in [0.1, 0.15) is 0 Å². The summed E-state index contributed by atoms with van der Waals surface area (Å²) < 4.78 is 0.